The number of carbonyl (C=O) groups excluding carboxylic acids is 2. The first-order valence-electron chi connectivity index (χ1n) is 10.6. The number of anilines is 1. The van der Waals surface area contributed by atoms with E-state index in [2.05, 4.69) is 25.9 Å². The summed E-state index contributed by atoms with van der Waals surface area (Å²) in [6.45, 7) is 3.68. The molecule has 174 valence electrons. The maximum atomic E-state index is 13.3. The van der Waals surface area contributed by atoms with Crippen LogP contribution in [0.5, 0.6) is 0 Å². The number of hydrogen-bond donors (Lipinski definition) is 1. The lowest BCUT2D eigenvalue weighted by Crippen LogP contribution is -2.29. The number of benzene rings is 2. The van der Waals surface area contributed by atoms with Gasteiger partial charge in [0.05, 0.1) is 12.3 Å². The van der Waals surface area contributed by atoms with E-state index in [-0.39, 0.29) is 30.4 Å². The molecule has 4 aromatic rings. The Morgan fingerprint density at radius 3 is 2.65 bits per heavy atom. The molecule has 0 bridgehead atoms. The number of nitrogens with one attached hydrogen (secondary N) is 1. The Kier molecular flexibility index (Phi) is 6.72. The van der Waals surface area contributed by atoms with Crippen molar-refractivity contribution in [2.75, 3.05) is 11.9 Å². The van der Waals surface area contributed by atoms with Crippen LogP contribution in [-0.4, -0.2) is 48.5 Å². The van der Waals surface area contributed by atoms with Gasteiger partial charge in [0.2, 0.25) is 5.91 Å². The van der Waals surface area contributed by atoms with E-state index in [4.69, 9.17) is 4.74 Å². The summed E-state index contributed by atoms with van der Waals surface area (Å²) in [5.74, 6) is -0.736. The first kappa shape index (κ1) is 22.8. The molecule has 0 saturated carbocycles. The summed E-state index contributed by atoms with van der Waals surface area (Å²) in [5.41, 5.74) is 2.10. The molecule has 1 amide bonds. The van der Waals surface area contributed by atoms with Crippen molar-refractivity contribution >= 4 is 17.6 Å². The average molecular weight is 463 g/mol. The van der Waals surface area contributed by atoms with Gasteiger partial charge in [0.25, 0.3) is 0 Å². The molecule has 0 saturated heterocycles. The third kappa shape index (κ3) is 5.14. The Morgan fingerprint density at radius 1 is 1.15 bits per heavy atom. The lowest BCUT2D eigenvalue weighted by molar-refractivity contribution is -0.119. The molecule has 0 radical (unpaired) electrons. The third-order valence-electron chi connectivity index (χ3n) is 5.05. The van der Waals surface area contributed by atoms with Gasteiger partial charge in [-0.25, -0.2) is 18.5 Å². The van der Waals surface area contributed by atoms with Gasteiger partial charge in [-0.3, -0.25) is 4.79 Å². The molecule has 2 heterocycles. The highest BCUT2D eigenvalue weighted by atomic mass is 19.1. The maximum absolute atomic E-state index is 13.3. The van der Waals surface area contributed by atoms with Crippen molar-refractivity contribution in [3.05, 3.63) is 83.7 Å². The maximum Gasteiger partial charge on any atom is 0.358 e. The zero-order valence-corrected chi connectivity index (χ0v) is 18.6. The average Bonchev–Trinajstić information content (AvgIpc) is 3.49. The molecule has 0 aliphatic carbocycles. The Morgan fingerprint density at radius 2 is 1.94 bits per heavy atom. The topological polar surface area (TPSA) is 117 Å². The molecule has 0 fully saturated rings. The van der Waals surface area contributed by atoms with Crippen molar-refractivity contribution in [3.8, 4) is 5.69 Å². The molecule has 1 atom stereocenters. The fraction of sp³-hybridized carbons (Fsp3) is 0.217. The predicted octanol–water partition coefficient (Wildman–Crippen LogP) is 2.91. The number of carbonyl (C=O) groups is 2. The molecule has 2 aromatic heterocycles. The van der Waals surface area contributed by atoms with Crippen LogP contribution in [0.15, 0.2) is 60.8 Å². The van der Waals surface area contributed by atoms with Gasteiger partial charge in [0.15, 0.2) is 5.69 Å². The second kappa shape index (κ2) is 10.0. The lowest BCUT2D eigenvalue weighted by Gasteiger charge is -2.18. The highest BCUT2D eigenvalue weighted by Crippen LogP contribution is 2.20. The van der Waals surface area contributed by atoms with E-state index in [1.54, 1.807) is 62.5 Å². The standard InChI is InChI=1S/C23H22FN7O3/c1-3-34-23(33)20-11-12-30(27-20)19-6-4-5-18(14-19)25-22(32)21(31-15(2)26-28-29-31)13-16-7-9-17(24)10-8-16/h4-12,14,21H,3,13H2,1-2H3,(H,25,32). The van der Waals surface area contributed by atoms with Crippen LogP contribution in [0, 0.1) is 12.7 Å². The number of rotatable bonds is 8. The Hall–Kier alpha value is -4.41. The highest BCUT2D eigenvalue weighted by Gasteiger charge is 2.24. The number of ether oxygens (including phenoxy) is 1. The minimum atomic E-state index is -0.760. The smallest absolute Gasteiger partial charge is 0.358 e. The molecule has 0 aliphatic rings. The number of halogens is 1. The highest BCUT2D eigenvalue weighted by molar-refractivity contribution is 5.94. The molecule has 1 N–H and O–H groups in total. The van der Waals surface area contributed by atoms with Crippen LogP contribution in [0.4, 0.5) is 10.1 Å². The Bertz CT molecular complexity index is 1300. The first-order chi connectivity index (χ1) is 16.4. The number of amides is 1. The quantitative estimate of drug-likeness (QED) is 0.399. The van der Waals surface area contributed by atoms with Crippen molar-refractivity contribution in [1.82, 2.24) is 30.0 Å². The summed E-state index contributed by atoms with van der Waals surface area (Å²) in [4.78, 5) is 25.2. The zero-order valence-electron chi connectivity index (χ0n) is 18.6. The van der Waals surface area contributed by atoms with Gasteiger partial charge in [-0.2, -0.15) is 5.10 Å². The number of nitrogens with zero attached hydrogens (tertiary/aromatic N) is 6. The Balaban J connectivity index is 1.55. The number of esters is 1. The van der Waals surface area contributed by atoms with Crippen LogP contribution in [0.2, 0.25) is 0 Å². The van der Waals surface area contributed by atoms with Crippen LogP contribution < -0.4 is 5.32 Å². The normalized spacial score (nSPS) is 11.7. The summed E-state index contributed by atoms with van der Waals surface area (Å²) in [6.07, 6.45) is 1.90. The van der Waals surface area contributed by atoms with Crippen LogP contribution in [0.25, 0.3) is 5.69 Å². The van der Waals surface area contributed by atoms with E-state index in [9.17, 15) is 14.0 Å². The van der Waals surface area contributed by atoms with Crippen molar-refractivity contribution in [2.24, 2.45) is 0 Å². The van der Waals surface area contributed by atoms with Gasteiger partial charge in [0.1, 0.15) is 17.7 Å². The molecule has 34 heavy (non-hydrogen) atoms. The van der Waals surface area contributed by atoms with Crippen molar-refractivity contribution < 1.29 is 18.7 Å². The monoisotopic (exact) mass is 463 g/mol. The van der Waals surface area contributed by atoms with E-state index in [0.717, 1.165) is 5.56 Å². The van der Waals surface area contributed by atoms with Crippen LogP contribution >= 0.6 is 0 Å². The molecule has 11 heteroatoms. The number of hydrogen-bond acceptors (Lipinski definition) is 7. The largest absolute Gasteiger partial charge is 0.461 e. The van der Waals surface area contributed by atoms with Crippen molar-refractivity contribution in [2.45, 2.75) is 26.3 Å². The lowest BCUT2D eigenvalue weighted by atomic mass is 10.0. The van der Waals surface area contributed by atoms with E-state index in [1.165, 1.54) is 21.5 Å². The fourth-order valence-corrected chi connectivity index (χ4v) is 3.39. The number of tetrazole rings is 1. The van der Waals surface area contributed by atoms with Crippen LogP contribution in [-0.2, 0) is 16.0 Å². The van der Waals surface area contributed by atoms with Crippen LogP contribution in [0.3, 0.4) is 0 Å². The molecule has 1 unspecified atom stereocenters. The molecule has 0 aliphatic heterocycles. The van der Waals surface area contributed by atoms with Gasteiger partial charge < -0.3 is 10.1 Å². The minimum Gasteiger partial charge on any atom is -0.461 e. The van der Waals surface area contributed by atoms with Gasteiger partial charge in [-0.15, -0.1) is 5.10 Å². The second-order valence-electron chi connectivity index (χ2n) is 7.42. The molecule has 0 spiro atoms. The van der Waals surface area contributed by atoms with Crippen molar-refractivity contribution in [1.29, 1.82) is 0 Å². The van der Waals surface area contributed by atoms with Gasteiger partial charge >= 0.3 is 5.97 Å². The zero-order chi connectivity index (χ0) is 24.1. The summed E-state index contributed by atoms with van der Waals surface area (Å²) < 4.78 is 21.2. The molecule has 10 nitrogen and oxygen atoms in total. The predicted molar refractivity (Wildman–Crippen MR) is 120 cm³/mol. The second-order valence-corrected chi connectivity index (χ2v) is 7.42. The minimum absolute atomic E-state index is 0.185. The van der Waals surface area contributed by atoms with E-state index in [0.29, 0.717) is 17.2 Å². The first-order valence-corrected chi connectivity index (χ1v) is 10.6. The van der Waals surface area contributed by atoms with E-state index < -0.39 is 12.0 Å². The molecular formula is C23H22FN7O3. The van der Waals surface area contributed by atoms with Crippen LogP contribution in [0.1, 0.15) is 34.8 Å². The molecule has 2 aromatic carbocycles. The summed E-state index contributed by atoms with van der Waals surface area (Å²) in [7, 11) is 0. The SMILES string of the molecule is CCOC(=O)c1ccn(-c2cccc(NC(=O)C(Cc3ccc(F)cc3)n3nnnc3C)c2)n1. The third-order valence-corrected chi connectivity index (χ3v) is 5.05. The summed E-state index contributed by atoms with van der Waals surface area (Å²) in [5, 5.41) is 18.6. The number of aryl methyl sites for hydroxylation is 1. The summed E-state index contributed by atoms with van der Waals surface area (Å²) in [6, 6.07) is 13.7. The molecule has 4 rings (SSSR count). The van der Waals surface area contributed by atoms with Gasteiger partial charge in [0, 0.05) is 18.3 Å². The summed E-state index contributed by atoms with van der Waals surface area (Å²) >= 11 is 0. The fourth-order valence-electron chi connectivity index (χ4n) is 3.39. The van der Waals surface area contributed by atoms with Gasteiger partial charge in [-0.05, 0) is 66.2 Å². The van der Waals surface area contributed by atoms with E-state index >= 15 is 0 Å². The van der Waals surface area contributed by atoms with Crippen molar-refractivity contribution in [3.63, 3.8) is 0 Å². The number of aromatic nitrogens is 6. The van der Waals surface area contributed by atoms with Gasteiger partial charge in [-0.1, -0.05) is 18.2 Å². The van der Waals surface area contributed by atoms with E-state index in [1.807, 2.05) is 0 Å². The molecular weight excluding hydrogens is 441 g/mol. The Labute approximate surface area is 194 Å².